The van der Waals surface area contributed by atoms with Crippen molar-refractivity contribution in [1.82, 2.24) is 0 Å². The smallest absolute Gasteiger partial charge is 0.303 e. The molecular weight excluding hydrogens is 312 g/mol. The largest absolute Gasteiger partial charge is 0.458 e. The Morgan fingerprint density at radius 2 is 1.92 bits per heavy atom. The topological polar surface area (TPSA) is 43.4 Å². The maximum Gasteiger partial charge on any atom is 0.303 e. The summed E-state index contributed by atoms with van der Waals surface area (Å²) in [6.45, 7) is 14.1. The molecule has 0 spiro atoms. The molecule has 1 fully saturated rings. The molecule has 0 N–H and O–H groups in total. The summed E-state index contributed by atoms with van der Waals surface area (Å²) in [4.78, 5) is 24.1. The molecule has 2 aliphatic carbocycles. The molecule has 0 heterocycles. The highest BCUT2D eigenvalue weighted by Crippen LogP contribution is 2.51. The Labute approximate surface area is 152 Å². The van der Waals surface area contributed by atoms with Crippen molar-refractivity contribution in [2.24, 2.45) is 11.3 Å². The predicted octanol–water partition coefficient (Wildman–Crippen LogP) is 5.32. The van der Waals surface area contributed by atoms with E-state index in [0.29, 0.717) is 12.2 Å². The van der Waals surface area contributed by atoms with Crippen LogP contribution in [0.25, 0.3) is 0 Å². The Balaban J connectivity index is 2.35. The quantitative estimate of drug-likeness (QED) is 0.367. The number of rotatable bonds is 1. The number of hydrogen-bond donors (Lipinski definition) is 0. The van der Waals surface area contributed by atoms with E-state index in [4.69, 9.17) is 4.74 Å². The van der Waals surface area contributed by atoms with Gasteiger partial charge in [0, 0.05) is 13.3 Å². The zero-order chi connectivity index (χ0) is 18.8. The lowest BCUT2D eigenvalue weighted by Crippen LogP contribution is -2.23. The molecule has 3 atom stereocenters. The first-order chi connectivity index (χ1) is 11.6. The second-order valence-electron chi connectivity index (χ2n) is 8.31. The van der Waals surface area contributed by atoms with Gasteiger partial charge in [0.25, 0.3) is 0 Å². The highest BCUT2D eigenvalue weighted by atomic mass is 16.5. The van der Waals surface area contributed by atoms with E-state index in [1.54, 1.807) is 0 Å². The van der Waals surface area contributed by atoms with E-state index in [-0.39, 0.29) is 23.4 Å². The summed E-state index contributed by atoms with van der Waals surface area (Å²) < 4.78 is 5.51. The van der Waals surface area contributed by atoms with Gasteiger partial charge in [-0.1, -0.05) is 30.7 Å². The molecule has 0 aliphatic heterocycles. The third kappa shape index (κ3) is 4.50. The second kappa shape index (κ2) is 7.72. The third-order valence-electron chi connectivity index (χ3n) is 5.83. The number of hydrogen-bond acceptors (Lipinski definition) is 3. The van der Waals surface area contributed by atoms with Gasteiger partial charge >= 0.3 is 5.97 Å². The SMILES string of the molecule is C=C1CC[C@@H]2C(=C(C)C)C(=O)C[C@]2(C)C/C=C(\C)CC[C@@H]1OC(C)=O. The lowest BCUT2D eigenvalue weighted by molar-refractivity contribution is -0.144. The van der Waals surface area contributed by atoms with E-state index in [1.165, 1.54) is 12.5 Å². The van der Waals surface area contributed by atoms with Crippen LogP contribution in [0.15, 0.2) is 34.9 Å². The van der Waals surface area contributed by atoms with Gasteiger partial charge in [0.1, 0.15) is 6.10 Å². The number of carbonyl (C=O) groups is 2. The van der Waals surface area contributed by atoms with Crippen LogP contribution < -0.4 is 0 Å². The number of fused-ring (bicyclic) bond motifs is 1. The van der Waals surface area contributed by atoms with Crippen LogP contribution in [0.3, 0.4) is 0 Å². The lowest BCUT2D eigenvalue weighted by Gasteiger charge is -2.31. The first-order valence-corrected chi connectivity index (χ1v) is 9.35. The Bertz CT molecular complexity index is 634. The molecule has 3 heteroatoms. The van der Waals surface area contributed by atoms with Crippen molar-refractivity contribution in [2.75, 3.05) is 0 Å². The summed E-state index contributed by atoms with van der Waals surface area (Å²) in [6, 6.07) is 0. The van der Waals surface area contributed by atoms with E-state index >= 15 is 0 Å². The first kappa shape index (κ1) is 19.7. The minimum atomic E-state index is -0.256. The Hall–Kier alpha value is -1.64. The summed E-state index contributed by atoms with van der Waals surface area (Å²) >= 11 is 0. The summed E-state index contributed by atoms with van der Waals surface area (Å²) in [6.07, 6.45) is 6.98. The molecule has 1 saturated carbocycles. The molecule has 0 unspecified atom stereocenters. The summed E-state index contributed by atoms with van der Waals surface area (Å²) in [7, 11) is 0. The molecular formula is C22H32O3. The average Bonchev–Trinajstić information content (AvgIpc) is 2.76. The molecule has 0 bridgehead atoms. The van der Waals surface area contributed by atoms with Gasteiger partial charge < -0.3 is 4.74 Å². The molecule has 25 heavy (non-hydrogen) atoms. The standard InChI is InChI=1S/C22H32O3/c1-14(2)21-18-9-8-16(4)20(25-17(5)23)10-7-15(3)11-12-22(18,6)13-19(21)24/h11,18,20H,4,7-10,12-13H2,1-3,5-6H3/b15-11+/t18-,20+,22+/m1/s1. The summed E-state index contributed by atoms with van der Waals surface area (Å²) in [5.74, 6) is 0.299. The number of Topliss-reactive ketones (excluding diaryl/α,β-unsaturated/α-hetero) is 1. The van der Waals surface area contributed by atoms with Gasteiger partial charge in [0.15, 0.2) is 5.78 Å². The highest BCUT2D eigenvalue weighted by molar-refractivity contribution is 5.99. The fourth-order valence-electron chi connectivity index (χ4n) is 4.37. The predicted molar refractivity (Wildman–Crippen MR) is 101 cm³/mol. The van der Waals surface area contributed by atoms with E-state index in [9.17, 15) is 9.59 Å². The van der Waals surface area contributed by atoms with Crippen LogP contribution in [0.4, 0.5) is 0 Å². The van der Waals surface area contributed by atoms with Crippen LogP contribution in [-0.2, 0) is 14.3 Å². The lowest BCUT2D eigenvalue weighted by atomic mass is 9.72. The minimum absolute atomic E-state index is 0.0213. The monoisotopic (exact) mass is 344 g/mol. The van der Waals surface area contributed by atoms with Gasteiger partial charge in [-0.25, -0.2) is 0 Å². The third-order valence-corrected chi connectivity index (χ3v) is 5.83. The number of carbonyl (C=O) groups excluding carboxylic acids is 2. The van der Waals surface area contributed by atoms with E-state index < -0.39 is 0 Å². The fraction of sp³-hybridized carbons (Fsp3) is 0.636. The second-order valence-corrected chi connectivity index (χ2v) is 8.31. The van der Waals surface area contributed by atoms with Crippen molar-refractivity contribution in [1.29, 1.82) is 0 Å². The summed E-state index contributed by atoms with van der Waals surface area (Å²) in [5, 5.41) is 0. The minimum Gasteiger partial charge on any atom is -0.458 e. The molecule has 0 radical (unpaired) electrons. The van der Waals surface area contributed by atoms with Gasteiger partial charge in [-0.2, -0.15) is 0 Å². The molecule has 2 aliphatic rings. The zero-order valence-corrected chi connectivity index (χ0v) is 16.4. The van der Waals surface area contributed by atoms with Crippen molar-refractivity contribution in [3.8, 4) is 0 Å². The summed E-state index contributed by atoms with van der Waals surface area (Å²) in [5.41, 5.74) is 4.40. The molecule has 2 rings (SSSR count). The van der Waals surface area contributed by atoms with Crippen molar-refractivity contribution in [3.63, 3.8) is 0 Å². The van der Waals surface area contributed by atoms with E-state index in [0.717, 1.165) is 48.8 Å². The van der Waals surface area contributed by atoms with Gasteiger partial charge in [0.05, 0.1) is 0 Å². The average molecular weight is 344 g/mol. The molecule has 0 saturated heterocycles. The van der Waals surface area contributed by atoms with Crippen molar-refractivity contribution >= 4 is 11.8 Å². The Kier molecular flexibility index (Phi) is 6.08. The van der Waals surface area contributed by atoms with Crippen LogP contribution in [-0.4, -0.2) is 17.9 Å². The molecule has 0 aromatic rings. The number of allylic oxidation sites excluding steroid dienone is 4. The molecule has 0 aromatic heterocycles. The van der Waals surface area contributed by atoms with E-state index in [2.05, 4.69) is 26.5 Å². The van der Waals surface area contributed by atoms with Crippen molar-refractivity contribution < 1.29 is 14.3 Å². The molecule has 0 aromatic carbocycles. The van der Waals surface area contributed by atoms with Crippen molar-refractivity contribution in [2.45, 2.75) is 79.2 Å². The number of ketones is 1. The zero-order valence-electron chi connectivity index (χ0n) is 16.4. The normalized spacial score (nSPS) is 33.2. The van der Waals surface area contributed by atoms with Crippen LogP contribution >= 0.6 is 0 Å². The Morgan fingerprint density at radius 1 is 1.24 bits per heavy atom. The maximum absolute atomic E-state index is 12.7. The Morgan fingerprint density at radius 3 is 2.52 bits per heavy atom. The van der Waals surface area contributed by atoms with Crippen LogP contribution in [0.1, 0.15) is 73.1 Å². The maximum atomic E-state index is 12.7. The fourth-order valence-corrected chi connectivity index (χ4v) is 4.37. The first-order valence-electron chi connectivity index (χ1n) is 9.35. The van der Waals surface area contributed by atoms with Crippen molar-refractivity contribution in [3.05, 3.63) is 34.9 Å². The molecule has 3 nitrogen and oxygen atoms in total. The van der Waals surface area contributed by atoms with E-state index in [1.807, 2.05) is 13.8 Å². The van der Waals surface area contributed by atoms with Gasteiger partial charge in [-0.05, 0) is 75.4 Å². The van der Waals surface area contributed by atoms with Crippen LogP contribution in [0.2, 0.25) is 0 Å². The molecule has 138 valence electrons. The van der Waals surface area contributed by atoms with Crippen LogP contribution in [0, 0.1) is 11.3 Å². The highest BCUT2D eigenvalue weighted by Gasteiger charge is 2.46. The number of esters is 1. The van der Waals surface area contributed by atoms with Gasteiger partial charge in [0.2, 0.25) is 0 Å². The van der Waals surface area contributed by atoms with Gasteiger partial charge in [-0.3, -0.25) is 9.59 Å². The number of ether oxygens (including phenoxy) is 1. The van der Waals surface area contributed by atoms with Crippen LogP contribution in [0.5, 0.6) is 0 Å². The molecule has 0 amide bonds. The van der Waals surface area contributed by atoms with Gasteiger partial charge in [-0.15, -0.1) is 0 Å².